The van der Waals surface area contributed by atoms with Crippen LogP contribution in [0, 0.1) is 5.41 Å². The summed E-state index contributed by atoms with van der Waals surface area (Å²) in [6, 6.07) is 0.755. The molecule has 3 heteroatoms. The topological polar surface area (TPSA) is 23.6 Å². The Bertz CT molecular complexity index is 276. The van der Waals surface area contributed by atoms with Gasteiger partial charge in [0.1, 0.15) is 6.29 Å². The van der Waals surface area contributed by atoms with Crippen molar-refractivity contribution in [1.29, 1.82) is 0 Å². The maximum Gasteiger partial charge on any atom is 0.127 e. The van der Waals surface area contributed by atoms with Crippen molar-refractivity contribution in [3.05, 3.63) is 0 Å². The third-order valence-electron chi connectivity index (χ3n) is 5.08. The molecule has 0 aromatic rings. The number of carbonyl (C=O) groups excluding carboxylic acids is 1. The molecule has 0 amide bonds. The van der Waals surface area contributed by atoms with Gasteiger partial charge in [-0.25, -0.2) is 0 Å². The molecule has 1 atom stereocenters. The molecule has 0 aromatic heterocycles. The Morgan fingerprint density at radius 3 is 2.56 bits per heavy atom. The summed E-state index contributed by atoms with van der Waals surface area (Å²) < 4.78 is 0. The van der Waals surface area contributed by atoms with Crippen LogP contribution in [0.4, 0.5) is 0 Å². The van der Waals surface area contributed by atoms with E-state index in [2.05, 4.69) is 23.6 Å². The summed E-state index contributed by atoms with van der Waals surface area (Å²) >= 11 is 0. The summed E-state index contributed by atoms with van der Waals surface area (Å²) in [5.74, 6) is 0. The van der Waals surface area contributed by atoms with Crippen LogP contribution < -0.4 is 0 Å². The summed E-state index contributed by atoms with van der Waals surface area (Å²) in [5.41, 5.74) is -0.103. The van der Waals surface area contributed by atoms with Crippen molar-refractivity contribution in [3.63, 3.8) is 0 Å². The maximum absolute atomic E-state index is 11.4. The van der Waals surface area contributed by atoms with E-state index in [0.29, 0.717) is 0 Å². The first-order valence-corrected chi connectivity index (χ1v) is 7.66. The highest BCUT2D eigenvalue weighted by molar-refractivity contribution is 5.59. The molecule has 0 spiro atoms. The average Bonchev–Trinajstić information content (AvgIpc) is 2.75. The van der Waals surface area contributed by atoms with Crippen LogP contribution in [-0.2, 0) is 4.79 Å². The first-order valence-electron chi connectivity index (χ1n) is 7.66. The minimum Gasteiger partial charge on any atom is -0.303 e. The summed E-state index contributed by atoms with van der Waals surface area (Å²) in [6.07, 6.45) is 7.13. The zero-order chi connectivity index (χ0) is 13.0. The molecule has 2 aliphatic heterocycles. The lowest BCUT2D eigenvalue weighted by molar-refractivity contribution is -0.117. The first kappa shape index (κ1) is 14.0. The largest absolute Gasteiger partial charge is 0.303 e. The fourth-order valence-electron chi connectivity index (χ4n) is 3.55. The Kier molecular flexibility index (Phi) is 4.79. The number of hydrogen-bond acceptors (Lipinski definition) is 3. The lowest BCUT2D eigenvalue weighted by atomic mass is 9.83. The van der Waals surface area contributed by atoms with Crippen LogP contribution in [0.25, 0.3) is 0 Å². The predicted molar refractivity (Wildman–Crippen MR) is 74.7 cm³/mol. The smallest absolute Gasteiger partial charge is 0.127 e. The van der Waals surface area contributed by atoms with Crippen LogP contribution in [0.15, 0.2) is 0 Å². The molecule has 18 heavy (non-hydrogen) atoms. The monoisotopic (exact) mass is 252 g/mol. The molecule has 2 saturated heterocycles. The Labute approximate surface area is 112 Å². The number of hydrogen-bond donors (Lipinski definition) is 0. The molecule has 104 valence electrons. The minimum atomic E-state index is -0.103. The predicted octanol–water partition coefficient (Wildman–Crippen LogP) is 2.16. The van der Waals surface area contributed by atoms with Gasteiger partial charge in [0.05, 0.1) is 0 Å². The molecular weight excluding hydrogens is 224 g/mol. The molecule has 1 unspecified atom stereocenters. The van der Waals surface area contributed by atoms with Gasteiger partial charge in [0.2, 0.25) is 0 Å². The third kappa shape index (κ3) is 2.94. The van der Waals surface area contributed by atoms with Gasteiger partial charge >= 0.3 is 0 Å². The van der Waals surface area contributed by atoms with Crippen LogP contribution in [0.2, 0.25) is 0 Å². The molecule has 2 rings (SSSR count). The van der Waals surface area contributed by atoms with E-state index in [4.69, 9.17) is 0 Å². The van der Waals surface area contributed by atoms with Crippen molar-refractivity contribution < 1.29 is 4.79 Å². The Morgan fingerprint density at radius 1 is 1.17 bits per heavy atom. The number of carbonyl (C=O) groups is 1. The van der Waals surface area contributed by atoms with Crippen molar-refractivity contribution in [2.45, 2.75) is 52.0 Å². The van der Waals surface area contributed by atoms with Gasteiger partial charge in [-0.05, 0) is 51.7 Å². The van der Waals surface area contributed by atoms with E-state index >= 15 is 0 Å². The fraction of sp³-hybridized carbons (Fsp3) is 0.933. The van der Waals surface area contributed by atoms with E-state index in [9.17, 15) is 4.79 Å². The van der Waals surface area contributed by atoms with Crippen molar-refractivity contribution in [3.8, 4) is 0 Å². The van der Waals surface area contributed by atoms with Crippen molar-refractivity contribution >= 4 is 6.29 Å². The van der Waals surface area contributed by atoms with Crippen LogP contribution >= 0.6 is 0 Å². The standard InChI is InChI=1S/C15H28N2O/c1-3-15(4-2,13-18)12-16-8-6-10-17-9-5-7-14(17)11-16/h13-14H,3-12H2,1-2H3. The molecular formula is C15H28N2O. The molecule has 0 aromatic carbocycles. The Balaban J connectivity index is 1.97. The highest BCUT2D eigenvalue weighted by atomic mass is 16.1. The van der Waals surface area contributed by atoms with Gasteiger partial charge in [0.15, 0.2) is 0 Å². The lowest BCUT2D eigenvalue weighted by Gasteiger charge is -2.33. The van der Waals surface area contributed by atoms with Gasteiger partial charge in [-0.1, -0.05) is 13.8 Å². The van der Waals surface area contributed by atoms with E-state index in [0.717, 1.165) is 25.4 Å². The number of rotatable bonds is 5. The van der Waals surface area contributed by atoms with E-state index in [1.54, 1.807) is 0 Å². The molecule has 0 radical (unpaired) electrons. The fourth-order valence-corrected chi connectivity index (χ4v) is 3.55. The van der Waals surface area contributed by atoms with Gasteiger partial charge in [-0.3, -0.25) is 4.90 Å². The van der Waals surface area contributed by atoms with Crippen LogP contribution in [0.3, 0.4) is 0 Å². The summed E-state index contributed by atoms with van der Waals surface area (Å²) in [7, 11) is 0. The maximum atomic E-state index is 11.4. The van der Waals surface area contributed by atoms with E-state index in [-0.39, 0.29) is 5.41 Å². The molecule has 2 heterocycles. The average molecular weight is 252 g/mol. The lowest BCUT2D eigenvalue weighted by Crippen LogP contribution is -2.42. The van der Waals surface area contributed by atoms with Crippen molar-refractivity contribution in [2.24, 2.45) is 5.41 Å². The number of fused-ring (bicyclic) bond motifs is 1. The normalized spacial score (nSPS) is 26.9. The first-order chi connectivity index (χ1) is 8.73. The third-order valence-corrected chi connectivity index (χ3v) is 5.08. The van der Waals surface area contributed by atoms with Gasteiger partial charge in [-0.15, -0.1) is 0 Å². The van der Waals surface area contributed by atoms with Gasteiger partial charge in [0.25, 0.3) is 0 Å². The van der Waals surface area contributed by atoms with Crippen molar-refractivity contribution in [2.75, 3.05) is 32.7 Å². The second-order valence-electron chi connectivity index (χ2n) is 6.11. The number of nitrogens with zero attached hydrogens (tertiary/aromatic N) is 2. The van der Waals surface area contributed by atoms with Gasteiger partial charge in [0, 0.05) is 24.5 Å². The van der Waals surface area contributed by atoms with Crippen LogP contribution in [0.5, 0.6) is 0 Å². The second-order valence-corrected chi connectivity index (χ2v) is 6.11. The van der Waals surface area contributed by atoms with Crippen molar-refractivity contribution in [1.82, 2.24) is 9.80 Å². The highest BCUT2D eigenvalue weighted by Crippen LogP contribution is 2.28. The summed E-state index contributed by atoms with van der Waals surface area (Å²) in [5, 5.41) is 0. The summed E-state index contributed by atoms with van der Waals surface area (Å²) in [6.45, 7) is 10.2. The zero-order valence-electron chi connectivity index (χ0n) is 12.0. The Morgan fingerprint density at radius 2 is 1.89 bits per heavy atom. The quantitative estimate of drug-likeness (QED) is 0.701. The van der Waals surface area contributed by atoms with Crippen LogP contribution in [-0.4, -0.2) is 54.9 Å². The second kappa shape index (κ2) is 6.16. The molecule has 0 saturated carbocycles. The molecule has 0 N–H and O–H groups in total. The van der Waals surface area contributed by atoms with E-state index < -0.39 is 0 Å². The van der Waals surface area contributed by atoms with Gasteiger partial charge < -0.3 is 9.69 Å². The Hall–Kier alpha value is -0.410. The van der Waals surface area contributed by atoms with Crippen LogP contribution in [0.1, 0.15) is 46.0 Å². The molecule has 2 aliphatic rings. The number of aldehydes is 1. The summed E-state index contributed by atoms with van der Waals surface area (Å²) in [4.78, 5) is 16.6. The zero-order valence-corrected chi connectivity index (χ0v) is 12.0. The molecule has 2 fully saturated rings. The van der Waals surface area contributed by atoms with Gasteiger partial charge in [-0.2, -0.15) is 0 Å². The minimum absolute atomic E-state index is 0.103. The highest BCUT2D eigenvalue weighted by Gasteiger charge is 2.33. The SMILES string of the molecule is CCC(C=O)(CC)CN1CCCN2CCCC2C1. The molecule has 0 bridgehead atoms. The van der Waals surface area contributed by atoms with E-state index in [1.165, 1.54) is 51.7 Å². The molecule has 3 nitrogen and oxygen atoms in total. The molecule has 0 aliphatic carbocycles. The van der Waals surface area contributed by atoms with E-state index in [1.807, 2.05) is 0 Å².